The van der Waals surface area contributed by atoms with Gasteiger partial charge in [0.25, 0.3) is 5.91 Å². The summed E-state index contributed by atoms with van der Waals surface area (Å²) in [7, 11) is 0. The number of hydrogen-bond donors (Lipinski definition) is 1. The summed E-state index contributed by atoms with van der Waals surface area (Å²) in [6.07, 6.45) is 1.41. The Bertz CT molecular complexity index is 616. The second kappa shape index (κ2) is 5.91. The number of hydrogen-bond acceptors (Lipinski definition) is 4. The van der Waals surface area contributed by atoms with E-state index in [9.17, 15) is 9.59 Å². The van der Waals surface area contributed by atoms with Crippen molar-refractivity contribution in [2.45, 2.75) is 64.3 Å². The van der Waals surface area contributed by atoms with Crippen LogP contribution in [0.15, 0.2) is 12.1 Å². The lowest BCUT2D eigenvalue weighted by molar-refractivity contribution is -0.171. The first-order valence-corrected chi connectivity index (χ1v) is 8.89. The Morgan fingerprint density at radius 2 is 2.04 bits per heavy atom. The molecule has 5 nitrogen and oxygen atoms in total. The van der Waals surface area contributed by atoms with Gasteiger partial charge >= 0.3 is 0 Å². The minimum absolute atomic E-state index is 0.0408. The Morgan fingerprint density at radius 1 is 1.35 bits per heavy atom. The highest BCUT2D eigenvalue weighted by Crippen LogP contribution is 2.39. The third kappa shape index (κ3) is 3.43. The number of nitrogens with zero attached hydrogens (tertiary/aromatic N) is 1. The van der Waals surface area contributed by atoms with Gasteiger partial charge in [-0.3, -0.25) is 9.59 Å². The zero-order chi connectivity index (χ0) is 16.8. The molecular weight excluding hydrogens is 312 g/mol. The third-order valence-electron chi connectivity index (χ3n) is 4.18. The van der Waals surface area contributed by atoms with E-state index in [0.29, 0.717) is 0 Å². The van der Waals surface area contributed by atoms with Gasteiger partial charge in [0, 0.05) is 21.3 Å². The van der Waals surface area contributed by atoms with E-state index in [2.05, 4.69) is 5.32 Å². The number of carbonyl (C=O) groups is 2. The largest absolute Gasteiger partial charge is 0.356 e. The highest BCUT2D eigenvalue weighted by Gasteiger charge is 2.47. The maximum atomic E-state index is 12.6. The number of amides is 2. The Balaban J connectivity index is 1.96. The van der Waals surface area contributed by atoms with Crippen LogP contribution in [0.5, 0.6) is 0 Å². The second-order valence-electron chi connectivity index (χ2n) is 7.34. The zero-order valence-corrected chi connectivity index (χ0v) is 14.9. The van der Waals surface area contributed by atoms with E-state index in [4.69, 9.17) is 4.74 Å². The maximum Gasteiger partial charge on any atom is 0.251 e. The van der Waals surface area contributed by atoms with Crippen LogP contribution in [0, 0.1) is 6.92 Å². The SMILES string of the molecule is Cc1ccc(C2C(C(=O)NC3CC3)OCC(=O)N2C(C)(C)C)s1. The van der Waals surface area contributed by atoms with Gasteiger partial charge in [0.15, 0.2) is 6.10 Å². The Morgan fingerprint density at radius 3 is 2.57 bits per heavy atom. The zero-order valence-electron chi connectivity index (χ0n) is 14.1. The Kier molecular flexibility index (Phi) is 4.23. The van der Waals surface area contributed by atoms with Crippen molar-refractivity contribution in [3.05, 3.63) is 21.9 Å². The number of carbonyl (C=O) groups excluding carboxylic acids is 2. The summed E-state index contributed by atoms with van der Waals surface area (Å²) in [5.74, 6) is -0.172. The van der Waals surface area contributed by atoms with Crippen LogP contribution in [0.4, 0.5) is 0 Å². The molecule has 1 N–H and O–H groups in total. The first-order chi connectivity index (χ1) is 10.8. The number of ether oxygens (including phenoxy) is 1. The lowest BCUT2D eigenvalue weighted by Crippen LogP contribution is -2.59. The van der Waals surface area contributed by atoms with Crippen LogP contribution in [0.3, 0.4) is 0 Å². The molecule has 2 unspecified atom stereocenters. The van der Waals surface area contributed by atoms with Crippen LogP contribution in [-0.4, -0.2) is 41.0 Å². The van der Waals surface area contributed by atoms with E-state index < -0.39 is 6.10 Å². The fourth-order valence-electron chi connectivity index (χ4n) is 3.02. The summed E-state index contributed by atoms with van der Waals surface area (Å²) in [4.78, 5) is 29.1. The standard InChI is InChI=1S/C17H24N2O3S/c1-10-5-8-12(23-10)14-15(16(21)18-11-6-7-11)22-9-13(20)19(14)17(2,3)4/h5,8,11,14-15H,6-7,9H2,1-4H3,(H,18,21). The Labute approximate surface area is 141 Å². The molecule has 0 bridgehead atoms. The molecule has 0 aromatic carbocycles. The summed E-state index contributed by atoms with van der Waals surface area (Å²) in [6.45, 7) is 7.99. The average molecular weight is 336 g/mol. The molecule has 2 fully saturated rings. The predicted molar refractivity (Wildman–Crippen MR) is 89.3 cm³/mol. The highest BCUT2D eigenvalue weighted by molar-refractivity contribution is 7.12. The molecule has 2 heterocycles. The molecule has 126 valence electrons. The first kappa shape index (κ1) is 16.5. The number of nitrogens with one attached hydrogen (secondary N) is 1. The van der Waals surface area contributed by atoms with Gasteiger partial charge in [-0.2, -0.15) is 0 Å². The molecule has 1 aromatic heterocycles. The normalized spacial score (nSPS) is 25.6. The van der Waals surface area contributed by atoms with Crippen LogP contribution in [0.1, 0.15) is 49.4 Å². The van der Waals surface area contributed by atoms with E-state index >= 15 is 0 Å². The first-order valence-electron chi connectivity index (χ1n) is 8.08. The summed E-state index contributed by atoms with van der Waals surface area (Å²) in [6, 6.07) is 3.93. The molecule has 1 saturated carbocycles. The van der Waals surface area contributed by atoms with Crippen molar-refractivity contribution in [2.75, 3.05) is 6.61 Å². The fourth-order valence-corrected chi connectivity index (χ4v) is 4.02. The van der Waals surface area contributed by atoms with Crippen LogP contribution >= 0.6 is 11.3 Å². The van der Waals surface area contributed by atoms with Gasteiger partial charge in [0.05, 0.1) is 0 Å². The molecule has 2 amide bonds. The van der Waals surface area contributed by atoms with Crippen molar-refractivity contribution in [1.29, 1.82) is 0 Å². The van der Waals surface area contributed by atoms with Crippen molar-refractivity contribution in [3.8, 4) is 0 Å². The Hall–Kier alpha value is -1.40. The van der Waals surface area contributed by atoms with E-state index in [1.54, 1.807) is 11.3 Å². The molecule has 2 atom stereocenters. The molecule has 1 aromatic rings. The maximum absolute atomic E-state index is 12.6. The van der Waals surface area contributed by atoms with Gasteiger partial charge in [-0.15, -0.1) is 11.3 Å². The molecule has 23 heavy (non-hydrogen) atoms. The molecule has 3 rings (SSSR count). The van der Waals surface area contributed by atoms with Crippen LogP contribution in [-0.2, 0) is 14.3 Å². The minimum Gasteiger partial charge on any atom is -0.356 e. The van der Waals surface area contributed by atoms with Gasteiger partial charge in [0.2, 0.25) is 5.91 Å². The fraction of sp³-hybridized carbons (Fsp3) is 0.647. The van der Waals surface area contributed by atoms with Crippen molar-refractivity contribution in [2.24, 2.45) is 0 Å². The van der Waals surface area contributed by atoms with E-state index in [1.165, 1.54) is 0 Å². The van der Waals surface area contributed by atoms with Crippen molar-refractivity contribution in [1.82, 2.24) is 10.2 Å². The van der Waals surface area contributed by atoms with E-state index in [1.807, 2.05) is 44.7 Å². The molecule has 1 aliphatic heterocycles. The highest BCUT2D eigenvalue weighted by atomic mass is 32.1. The van der Waals surface area contributed by atoms with Gasteiger partial charge in [0.1, 0.15) is 12.6 Å². The van der Waals surface area contributed by atoms with Crippen LogP contribution in [0.2, 0.25) is 0 Å². The second-order valence-corrected chi connectivity index (χ2v) is 8.66. The lowest BCUT2D eigenvalue weighted by Gasteiger charge is -2.47. The van der Waals surface area contributed by atoms with Crippen molar-refractivity contribution in [3.63, 3.8) is 0 Å². The monoisotopic (exact) mass is 336 g/mol. The number of rotatable bonds is 3. The summed E-state index contributed by atoms with van der Waals surface area (Å²) < 4.78 is 5.69. The molecule has 0 spiro atoms. The lowest BCUT2D eigenvalue weighted by atomic mass is 9.96. The molecule has 0 radical (unpaired) electrons. The molecule has 2 aliphatic rings. The van der Waals surface area contributed by atoms with Gasteiger partial charge < -0.3 is 15.0 Å². The van der Waals surface area contributed by atoms with Crippen molar-refractivity contribution < 1.29 is 14.3 Å². The molecule has 6 heteroatoms. The van der Waals surface area contributed by atoms with E-state index in [-0.39, 0.29) is 36.0 Å². The van der Waals surface area contributed by atoms with Crippen LogP contribution in [0.25, 0.3) is 0 Å². The number of morpholine rings is 1. The molecule has 1 aliphatic carbocycles. The quantitative estimate of drug-likeness (QED) is 0.922. The average Bonchev–Trinajstić information content (AvgIpc) is 3.15. The molecule has 1 saturated heterocycles. The third-order valence-corrected chi connectivity index (χ3v) is 5.25. The number of aryl methyl sites for hydroxylation is 1. The predicted octanol–water partition coefficient (Wildman–Crippen LogP) is 2.40. The van der Waals surface area contributed by atoms with Gasteiger partial charge in [-0.1, -0.05) is 0 Å². The topological polar surface area (TPSA) is 58.6 Å². The van der Waals surface area contributed by atoms with Crippen LogP contribution < -0.4 is 5.32 Å². The van der Waals surface area contributed by atoms with Gasteiger partial charge in [-0.25, -0.2) is 0 Å². The number of thiophene rings is 1. The summed E-state index contributed by atoms with van der Waals surface area (Å²) in [5.41, 5.74) is -0.373. The van der Waals surface area contributed by atoms with E-state index in [0.717, 1.165) is 22.6 Å². The van der Waals surface area contributed by atoms with Gasteiger partial charge in [-0.05, 0) is 52.7 Å². The smallest absolute Gasteiger partial charge is 0.251 e. The summed E-state index contributed by atoms with van der Waals surface area (Å²) in [5, 5.41) is 3.02. The van der Waals surface area contributed by atoms with Crippen molar-refractivity contribution >= 4 is 23.2 Å². The summed E-state index contributed by atoms with van der Waals surface area (Å²) >= 11 is 1.62. The molecular formula is C17H24N2O3S. The minimum atomic E-state index is -0.648.